The second-order valence-electron chi connectivity index (χ2n) is 8.33. The molecule has 0 atom stereocenters. The minimum atomic E-state index is -0.426. The molecule has 1 aromatic carbocycles. The summed E-state index contributed by atoms with van der Waals surface area (Å²) < 4.78 is 21.4. The number of rotatable bonds is 4. The number of pyridine rings is 1. The number of halogens is 1. The van der Waals surface area contributed by atoms with E-state index in [0.717, 1.165) is 42.6 Å². The third-order valence-electron chi connectivity index (χ3n) is 6.68. The Morgan fingerprint density at radius 2 is 1.86 bits per heavy atom. The fourth-order valence-corrected chi connectivity index (χ4v) is 4.87. The SMILES string of the molecule is Cc1cccc(-c2ncc3cnc(OCC45CCCN4CCC5)nc3c2F)c1C. The Labute approximate surface area is 170 Å². The van der Waals surface area contributed by atoms with Crippen LogP contribution >= 0.6 is 0 Å². The standard InChI is InChI=1S/C23H25FN4O/c1-15-6-3-7-18(16(15)2)21-19(24)20-17(12-25-21)13-26-22(27-20)29-14-23-8-4-10-28(23)11-5-9-23/h3,6-7,12-13H,4-5,8-11,14H2,1-2H3. The van der Waals surface area contributed by atoms with Gasteiger partial charge in [0.2, 0.25) is 0 Å². The molecule has 5 rings (SSSR count). The molecule has 0 saturated carbocycles. The molecule has 2 saturated heterocycles. The summed E-state index contributed by atoms with van der Waals surface area (Å²) in [6.07, 6.45) is 7.95. The molecule has 0 radical (unpaired) electrons. The van der Waals surface area contributed by atoms with Crippen LogP contribution in [-0.4, -0.2) is 45.1 Å². The van der Waals surface area contributed by atoms with Gasteiger partial charge in [0, 0.05) is 23.3 Å². The molecular formula is C23H25FN4O. The van der Waals surface area contributed by atoms with E-state index in [1.165, 1.54) is 12.8 Å². The maximum atomic E-state index is 15.4. The summed E-state index contributed by atoms with van der Waals surface area (Å²) in [7, 11) is 0. The monoisotopic (exact) mass is 392 g/mol. The van der Waals surface area contributed by atoms with Crippen LogP contribution in [0.1, 0.15) is 36.8 Å². The van der Waals surface area contributed by atoms with Crippen molar-refractivity contribution in [2.24, 2.45) is 0 Å². The van der Waals surface area contributed by atoms with Gasteiger partial charge in [-0.1, -0.05) is 18.2 Å². The maximum Gasteiger partial charge on any atom is 0.317 e. The average Bonchev–Trinajstić information content (AvgIpc) is 3.30. The van der Waals surface area contributed by atoms with Crippen molar-refractivity contribution in [3.8, 4) is 17.3 Å². The lowest BCUT2D eigenvalue weighted by molar-refractivity contribution is 0.108. The summed E-state index contributed by atoms with van der Waals surface area (Å²) in [6.45, 7) is 6.84. The summed E-state index contributed by atoms with van der Waals surface area (Å²) in [5, 5.41) is 0.574. The Balaban J connectivity index is 1.48. The zero-order valence-corrected chi connectivity index (χ0v) is 16.9. The van der Waals surface area contributed by atoms with E-state index in [1.54, 1.807) is 12.4 Å². The van der Waals surface area contributed by atoms with E-state index < -0.39 is 5.82 Å². The van der Waals surface area contributed by atoms with Gasteiger partial charge in [0.25, 0.3) is 0 Å². The second-order valence-corrected chi connectivity index (χ2v) is 8.33. The molecule has 0 unspecified atom stereocenters. The van der Waals surface area contributed by atoms with E-state index in [-0.39, 0.29) is 17.1 Å². The van der Waals surface area contributed by atoms with E-state index in [0.29, 0.717) is 17.7 Å². The molecule has 29 heavy (non-hydrogen) atoms. The molecule has 4 heterocycles. The van der Waals surface area contributed by atoms with Gasteiger partial charge in [-0.2, -0.15) is 4.98 Å². The lowest BCUT2D eigenvalue weighted by atomic mass is 9.95. The van der Waals surface area contributed by atoms with Crippen molar-refractivity contribution in [1.82, 2.24) is 19.9 Å². The van der Waals surface area contributed by atoms with Gasteiger partial charge >= 0.3 is 6.01 Å². The number of ether oxygens (including phenoxy) is 1. The van der Waals surface area contributed by atoms with Gasteiger partial charge in [-0.15, -0.1) is 0 Å². The molecule has 0 bridgehead atoms. The van der Waals surface area contributed by atoms with Crippen molar-refractivity contribution in [1.29, 1.82) is 0 Å². The number of hydrogen-bond acceptors (Lipinski definition) is 5. The van der Waals surface area contributed by atoms with E-state index in [9.17, 15) is 0 Å². The molecule has 150 valence electrons. The molecule has 2 aliphatic heterocycles. The van der Waals surface area contributed by atoms with Crippen LogP contribution in [0.25, 0.3) is 22.2 Å². The van der Waals surface area contributed by atoms with Crippen LogP contribution < -0.4 is 4.74 Å². The Bertz CT molecular complexity index is 1070. The zero-order chi connectivity index (χ0) is 20.0. The number of aryl methyl sites for hydroxylation is 1. The number of benzene rings is 1. The summed E-state index contributed by atoms with van der Waals surface area (Å²) in [6, 6.07) is 6.07. The van der Waals surface area contributed by atoms with E-state index in [2.05, 4.69) is 19.9 Å². The van der Waals surface area contributed by atoms with E-state index in [4.69, 9.17) is 4.74 Å². The smallest absolute Gasteiger partial charge is 0.317 e. The second kappa shape index (κ2) is 7.02. The topological polar surface area (TPSA) is 51.1 Å². The molecule has 0 spiro atoms. The summed E-state index contributed by atoms with van der Waals surface area (Å²) in [4.78, 5) is 15.6. The number of nitrogens with zero attached hydrogens (tertiary/aromatic N) is 4. The minimum absolute atomic E-state index is 0.110. The summed E-state index contributed by atoms with van der Waals surface area (Å²) >= 11 is 0. The first-order chi connectivity index (χ1) is 14.1. The molecule has 0 N–H and O–H groups in total. The predicted octanol–water partition coefficient (Wildman–Crippen LogP) is 4.45. The maximum absolute atomic E-state index is 15.4. The normalized spacial score (nSPS) is 18.3. The molecule has 3 aromatic rings. The van der Waals surface area contributed by atoms with Crippen molar-refractivity contribution in [2.45, 2.75) is 45.1 Å². The van der Waals surface area contributed by atoms with Crippen molar-refractivity contribution in [3.63, 3.8) is 0 Å². The number of aromatic nitrogens is 3. The Hall–Kier alpha value is -2.60. The highest BCUT2D eigenvalue weighted by atomic mass is 19.1. The van der Waals surface area contributed by atoms with Crippen LogP contribution in [-0.2, 0) is 0 Å². The molecule has 2 aliphatic rings. The van der Waals surface area contributed by atoms with Crippen molar-refractivity contribution in [3.05, 3.63) is 47.5 Å². The van der Waals surface area contributed by atoms with E-state index >= 15 is 4.39 Å². The van der Waals surface area contributed by atoms with Crippen LogP contribution in [0.3, 0.4) is 0 Å². The first-order valence-electron chi connectivity index (χ1n) is 10.3. The number of hydrogen-bond donors (Lipinski definition) is 0. The Morgan fingerprint density at radius 3 is 2.66 bits per heavy atom. The quantitative estimate of drug-likeness (QED) is 0.656. The Kier molecular flexibility index (Phi) is 4.46. The lowest BCUT2D eigenvalue weighted by Crippen LogP contribution is -2.43. The molecule has 2 fully saturated rings. The summed E-state index contributed by atoms with van der Waals surface area (Å²) in [5.74, 6) is -0.426. The molecule has 5 nitrogen and oxygen atoms in total. The average molecular weight is 392 g/mol. The van der Waals surface area contributed by atoms with Crippen LogP contribution in [0.4, 0.5) is 4.39 Å². The van der Waals surface area contributed by atoms with Crippen LogP contribution in [0.2, 0.25) is 0 Å². The highest BCUT2D eigenvalue weighted by Crippen LogP contribution is 2.39. The first-order valence-corrected chi connectivity index (χ1v) is 10.3. The zero-order valence-electron chi connectivity index (χ0n) is 16.9. The van der Waals surface area contributed by atoms with Crippen molar-refractivity contribution >= 4 is 10.9 Å². The van der Waals surface area contributed by atoms with Gasteiger partial charge in [-0.3, -0.25) is 9.88 Å². The van der Waals surface area contributed by atoms with Crippen LogP contribution in [0, 0.1) is 19.7 Å². The van der Waals surface area contributed by atoms with Crippen LogP contribution in [0.15, 0.2) is 30.6 Å². The molecule has 0 aliphatic carbocycles. The third-order valence-corrected chi connectivity index (χ3v) is 6.68. The highest BCUT2D eigenvalue weighted by molar-refractivity contribution is 5.83. The predicted molar refractivity (Wildman–Crippen MR) is 110 cm³/mol. The van der Waals surface area contributed by atoms with Gasteiger partial charge < -0.3 is 4.74 Å². The lowest BCUT2D eigenvalue weighted by Gasteiger charge is -2.31. The van der Waals surface area contributed by atoms with E-state index in [1.807, 2.05) is 32.0 Å². The van der Waals surface area contributed by atoms with Gasteiger partial charge in [0.15, 0.2) is 5.82 Å². The van der Waals surface area contributed by atoms with Gasteiger partial charge in [-0.05, 0) is 63.7 Å². The van der Waals surface area contributed by atoms with Gasteiger partial charge in [-0.25, -0.2) is 9.37 Å². The largest absolute Gasteiger partial charge is 0.461 e. The molecular weight excluding hydrogens is 367 g/mol. The fourth-order valence-electron chi connectivity index (χ4n) is 4.87. The first kappa shape index (κ1) is 18.4. The van der Waals surface area contributed by atoms with Crippen LogP contribution in [0.5, 0.6) is 6.01 Å². The third kappa shape index (κ3) is 3.06. The highest BCUT2D eigenvalue weighted by Gasteiger charge is 2.45. The summed E-state index contributed by atoms with van der Waals surface area (Å²) in [5.41, 5.74) is 3.60. The van der Waals surface area contributed by atoms with Gasteiger partial charge in [0.1, 0.15) is 17.8 Å². The van der Waals surface area contributed by atoms with Crippen molar-refractivity contribution in [2.75, 3.05) is 19.7 Å². The number of fused-ring (bicyclic) bond motifs is 2. The molecule has 0 amide bonds. The fraction of sp³-hybridized carbons (Fsp3) is 0.435. The van der Waals surface area contributed by atoms with Crippen molar-refractivity contribution < 1.29 is 9.13 Å². The Morgan fingerprint density at radius 1 is 1.10 bits per heavy atom. The molecule has 2 aromatic heterocycles. The molecule has 6 heteroatoms. The van der Waals surface area contributed by atoms with Gasteiger partial charge in [0.05, 0.1) is 5.54 Å². The minimum Gasteiger partial charge on any atom is -0.461 e.